The van der Waals surface area contributed by atoms with Gasteiger partial charge in [0, 0.05) is 13.5 Å². The minimum absolute atomic E-state index is 0.350. The van der Waals surface area contributed by atoms with E-state index in [-0.39, 0.29) is 5.97 Å². The van der Waals surface area contributed by atoms with E-state index < -0.39 is 0 Å². The van der Waals surface area contributed by atoms with Gasteiger partial charge in [-0.1, -0.05) is 48.6 Å². The standard InChI is InChI=1S/C24H29NO3/c1-19(26)28-23-11-10-21(18-24(23)27-2)9-6-14-25-15-12-22(13-16-25)17-20-7-4-3-5-8-20/h3-11,18,22H,12-17H2,1-2H3/b9-6-. The second-order valence-electron chi connectivity index (χ2n) is 7.34. The lowest BCUT2D eigenvalue weighted by atomic mass is 9.90. The smallest absolute Gasteiger partial charge is 0.308 e. The van der Waals surface area contributed by atoms with E-state index in [2.05, 4.69) is 47.4 Å². The molecule has 0 amide bonds. The fraction of sp³-hybridized carbons (Fsp3) is 0.375. The minimum atomic E-state index is -0.350. The third-order valence-electron chi connectivity index (χ3n) is 5.19. The van der Waals surface area contributed by atoms with Crippen LogP contribution in [0.1, 0.15) is 30.9 Å². The number of nitrogens with zero attached hydrogens (tertiary/aromatic N) is 1. The summed E-state index contributed by atoms with van der Waals surface area (Å²) in [5.41, 5.74) is 2.48. The Morgan fingerprint density at radius 1 is 1.11 bits per heavy atom. The molecule has 0 radical (unpaired) electrons. The molecule has 0 atom stereocenters. The van der Waals surface area contributed by atoms with Gasteiger partial charge in [-0.25, -0.2) is 0 Å². The Hall–Kier alpha value is -2.59. The SMILES string of the molecule is COc1cc(/C=C\CN2CCC(Cc3ccccc3)CC2)ccc1OC(C)=O. The van der Waals surface area contributed by atoms with Crippen molar-refractivity contribution in [1.82, 2.24) is 4.90 Å². The van der Waals surface area contributed by atoms with Crippen LogP contribution in [0.15, 0.2) is 54.6 Å². The van der Waals surface area contributed by atoms with Gasteiger partial charge in [0.15, 0.2) is 11.5 Å². The third-order valence-corrected chi connectivity index (χ3v) is 5.19. The van der Waals surface area contributed by atoms with Crippen LogP contribution >= 0.6 is 0 Å². The van der Waals surface area contributed by atoms with Gasteiger partial charge in [-0.2, -0.15) is 0 Å². The van der Waals surface area contributed by atoms with Crippen LogP contribution in [-0.2, 0) is 11.2 Å². The van der Waals surface area contributed by atoms with Crippen LogP contribution in [0.4, 0.5) is 0 Å². The molecule has 0 aromatic heterocycles. The average molecular weight is 380 g/mol. The lowest BCUT2D eigenvalue weighted by Crippen LogP contribution is -2.34. The number of rotatable bonds is 7. The van der Waals surface area contributed by atoms with E-state index in [4.69, 9.17) is 9.47 Å². The predicted molar refractivity (Wildman–Crippen MR) is 113 cm³/mol. The second-order valence-corrected chi connectivity index (χ2v) is 7.34. The highest BCUT2D eigenvalue weighted by atomic mass is 16.6. The summed E-state index contributed by atoms with van der Waals surface area (Å²) in [5.74, 6) is 1.46. The van der Waals surface area contributed by atoms with Crippen LogP contribution in [0.25, 0.3) is 6.08 Å². The van der Waals surface area contributed by atoms with Gasteiger partial charge in [-0.05, 0) is 61.5 Å². The van der Waals surface area contributed by atoms with Crippen molar-refractivity contribution in [2.45, 2.75) is 26.2 Å². The normalized spacial score (nSPS) is 15.6. The first-order chi connectivity index (χ1) is 13.6. The molecule has 148 valence electrons. The topological polar surface area (TPSA) is 38.8 Å². The van der Waals surface area contributed by atoms with Crippen LogP contribution < -0.4 is 9.47 Å². The monoisotopic (exact) mass is 379 g/mol. The third kappa shape index (κ3) is 5.96. The number of esters is 1. The van der Waals surface area contributed by atoms with Gasteiger partial charge < -0.3 is 9.47 Å². The lowest BCUT2D eigenvalue weighted by Gasteiger charge is -2.31. The van der Waals surface area contributed by atoms with Crippen molar-refractivity contribution in [3.05, 3.63) is 65.7 Å². The van der Waals surface area contributed by atoms with Crippen LogP contribution in [0.2, 0.25) is 0 Å². The van der Waals surface area contributed by atoms with Crippen LogP contribution in [0.5, 0.6) is 11.5 Å². The second kappa shape index (κ2) is 10.1. The number of piperidine rings is 1. The number of hydrogen-bond donors (Lipinski definition) is 0. The molecule has 28 heavy (non-hydrogen) atoms. The first-order valence-corrected chi connectivity index (χ1v) is 9.93. The van der Waals surface area contributed by atoms with E-state index in [0.717, 1.165) is 31.1 Å². The highest BCUT2D eigenvalue weighted by Gasteiger charge is 2.18. The molecule has 3 rings (SSSR count). The minimum Gasteiger partial charge on any atom is -0.493 e. The van der Waals surface area contributed by atoms with Gasteiger partial charge in [-0.15, -0.1) is 0 Å². The van der Waals surface area contributed by atoms with Crippen LogP contribution in [0.3, 0.4) is 0 Å². The molecule has 1 heterocycles. The fourth-order valence-electron chi connectivity index (χ4n) is 3.69. The molecule has 0 spiro atoms. The Balaban J connectivity index is 1.47. The van der Waals surface area contributed by atoms with Gasteiger partial charge in [0.05, 0.1) is 7.11 Å². The molecule has 0 saturated carbocycles. The summed E-state index contributed by atoms with van der Waals surface area (Å²) in [6.45, 7) is 4.63. The quantitative estimate of drug-likeness (QED) is 0.521. The van der Waals surface area contributed by atoms with E-state index in [0.29, 0.717) is 11.5 Å². The maximum atomic E-state index is 11.1. The van der Waals surface area contributed by atoms with Crippen molar-refractivity contribution >= 4 is 12.0 Å². The first-order valence-electron chi connectivity index (χ1n) is 9.93. The van der Waals surface area contributed by atoms with Crippen molar-refractivity contribution in [1.29, 1.82) is 0 Å². The van der Waals surface area contributed by atoms with Crippen molar-refractivity contribution in [3.63, 3.8) is 0 Å². The van der Waals surface area contributed by atoms with Crippen LogP contribution in [0, 0.1) is 5.92 Å². The summed E-state index contributed by atoms with van der Waals surface area (Å²) >= 11 is 0. The number of carbonyl (C=O) groups excluding carboxylic acids is 1. The summed E-state index contributed by atoms with van der Waals surface area (Å²) in [4.78, 5) is 13.6. The molecule has 1 saturated heterocycles. The Bertz CT molecular complexity index is 793. The van der Waals surface area contributed by atoms with E-state index in [9.17, 15) is 4.79 Å². The molecule has 1 aliphatic heterocycles. The van der Waals surface area contributed by atoms with Gasteiger partial charge in [0.25, 0.3) is 0 Å². The average Bonchev–Trinajstić information content (AvgIpc) is 2.71. The van der Waals surface area contributed by atoms with Gasteiger partial charge >= 0.3 is 5.97 Å². The molecular formula is C24H29NO3. The Morgan fingerprint density at radius 3 is 2.54 bits per heavy atom. The number of methoxy groups -OCH3 is 1. The molecule has 4 nitrogen and oxygen atoms in total. The molecule has 1 aliphatic rings. The highest BCUT2D eigenvalue weighted by Crippen LogP contribution is 2.28. The molecular weight excluding hydrogens is 350 g/mol. The molecule has 1 fully saturated rings. The highest BCUT2D eigenvalue weighted by molar-refractivity contribution is 5.71. The van der Waals surface area contributed by atoms with E-state index >= 15 is 0 Å². The number of hydrogen-bond acceptors (Lipinski definition) is 4. The lowest BCUT2D eigenvalue weighted by molar-refractivity contribution is -0.132. The van der Waals surface area contributed by atoms with Gasteiger partial charge in [0.2, 0.25) is 0 Å². The molecule has 2 aromatic carbocycles. The zero-order valence-corrected chi connectivity index (χ0v) is 16.8. The van der Waals surface area contributed by atoms with Gasteiger partial charge in [-0.3, -0.25) is 9.69 Å². The van der Waals surface area contributed by atoms with E-state index in [1.165, 1.54) is 31.7 Å². The maximum Gasteiger partial charge on any atom is 0.308 e. The Morgan fingerprint density at radius 2 is 1.86 bits per heavy atom. The van der Waals surface area contributed by atoms with E-state index in [1.54, 1.807) is 13.2 Å². The largest absolute Gasteiger partial charge is 0.493 e. The number of benzene rings is 2. The molecule has 0 N–H and O–H groups in total. The Labute approximate surface area is 167 Å². The van der Waals surface area contributed by atoms with Gasteiger partial charge in [0.1, 0.15) is 0 Å². The summed E-state index contributed by atoms with van der Waals surface area (Å²) in [7, 11) is 1.58. The molecule has 0 aliphatic carbocycles. The first kappa shape index (κ1) is 20.2. The maximum absolute atomic E-state index is 11.1. The van der Waals surface area contributed by atoms with Crippen molar-refractivity contribution in [3.8, 4) is 11.5 Å². The number of likely N-dealkylation sites (tertiary alicyclic amines) is 1. The summed E-state index contributed by atoms with van der Waals surface area (Å²) in [6.07, 6.45) is 7.99. The number of carbonyl (C=O) groups is 1. The van der Waals surface area contributed by atoms with Crippen molar-refractivity contribution in [2.24, 2.45) is 5.92 Å². The molecule has 0 unspecified atom stereocenters. The molecule has 0 bridgehead atoms. The fourth-order valence-corrected chi connectivity index (χ4v) is 3.69. The van der Waals surface area contributed by atoms with Crippen molar-refractivity contribution < 1.29 is 14.3 Å². The zero-order chi connectivity index (χ0) is 19.8. The Kier molecular flexibility index (Phi) is 7.26. The number of ether oxygens (including phenoxy) is 2. The van der Waals surface area contributed by atoms with Crippen molar-refractivity contribution in [2.75, 3.05) is 26.7 Å². The molecule has 2 aromatic rings. The zero-order valence-electron chi connectivity index (χ0n) is 16.8. The summed E-state index contributed by atoms with van der Waals surface area (Å²) in [5, 5.41) is 0. The molecule has 4 heteroatoms. The summed E-state index contributed by atoms with van der Waals surface area (Å²) in [6, 6.07) is 16.4. The summed E-state index contributed by atoms with van der Waals surface area (Å²) < 4.78 is 10.5. The van der Waals surface area contributed by atoms with E-state index in [1.807, 2.05) is 12.1 Å². The van der Waals surface area contributed by atoms with Crippen LogP contribution in [-0.4, -0.2) is 37.6 Å². The predicted octanol–water partition coefficient (Wildman–Crippen LogP) is 4.59.